The van der Waals surface area contributed by atoms with Crippen molar-refractivity contribution in [3.8, 4) is 0 Å². The number of ether oxygens (including phenoxy) is 1. The van der Waals surface area contributed by atoms with Crippen LogP contribution in [0.2, 0.25) is 19.6 Å². The summed E-state index contributed by atoms with van der Waals surface area (Å²) < 4.78 is 4.49. The van der Waals surface area contributed by atoms with Gasteiger partial charge in [0.25, 0.3) is 0 Å². The molecule has 0 aliphatic heterocycles. The van der Waals surface area contributed by atoms with Gasteiger partial charge in [-0.05, 0) is 0 Å². The zero-order valence-corrected chi connectivity index (χ0v) is 13.3. The van der Waals surface area contributed by atoms with Crippen molar-refractivity contribution in [3.05, 3.63) is 13.5 Å². The van der Waals surface area contributed by atoms with Crippen molar-refractivity contribution in [2.24, 2.45) is 0 Å². The molecule has 0 atom stereocenters. The third-order valence-corrected chi connectivity index (χ3v) is 0.450. The minimum atomic E-state index is -0.861. The van der Waals surface area contributed by atoms with Crippen LogP contribution in [0.25, 0.3) is 0 Å². The molecule has 0 unspecified atom stereocenters. The van der Waals surface area contributed by atoms with Crippen LogP contribution in [-0.2, 0) is 29.0 Å². The monoisotopic (exact) mass is 252 g/mol. The molecule has 0 heterocycles. The van der Waals surface area contributed by atoms with Crippen molar-refractivity contribution in [2.45, 2.75) is 33.0 Å². The predicted molar refractivity (Wildman–Crippen MR) is 55.3 cm³/mol. The molecule has 0 spiro atoms. The fourth-order valence-corrected chi connectivity index (χ4v) is 0.216. The molecule has 13 heavy (non-hydrogen) atoms. The smallest absolute Gasteiger partial charge is 0.469 e. The Morgan fingerprint density at radius 1 is 1.38 bits per heavy atom. The minimum absolute atomic E-state index is 0. The van der Waals surface area contributed by atoms with Crippen molar-refractivity contribution in [2.75, 3.05) is 6.61 Å². The predicted octanol–water partition coefficient (Wildman–Crippen LogP) is 2.47. The maximum absolute atomic E-state index is 9.95. The van der Waals surface area contributed by atoms with Crippen LogP contribution < -0.4 is 0 Å². The summed E-state index contributed by atoms with van der Waals surface area (Å²) in [5.74, 6) is -0.233. The number of hydrogen-bond acceptors (Lipinski definition) is 2. The summed E-state index contributed by atoms with van der Waals surface area (Å²) in [6.07, 6.45) is 0.652. The molecule has 0 rings (SSSR count). The Labute approximate surface area is 96.2 Å². The van der Waals surface area contributed by atoms with Gasteiger partial charge in [0.05, 0.1) is 6.61 Å². The molecule has 0 aliphatic rings. The van der Waals surface area contributed by atoms with Crippen molar-refractivity contribution < 1.29 is 29.0 Å². The van der Waals surface area contributed by atoms with E-state index in [1.165, 1.54) is 6.92 Å². The van der Waals surface area contributed by atoms with Gasteiger partial charge in [-0.1, -0.05) is 19.6 Å². The topological polar surface area (TPSA) is 26.3 Å². The molecule has 74 valence electrons. The van der Waals surface area contributed by atoms with Gasteiger partial charge in [0.15, 0.2) is 0 Å². The molecule has 0 aliphatic carbocycles. The third kappa shape index (κ3) is 70.4. The standard InChI is InChI=1S/C5H9O2.C4H11Si.Zn/c1-3-4-7-5(2)6;1-5(2,3)4;/h1,3-4H2,2H3;1H2,2-4H3;/q2*-1;+2. The minimum Gasteiger partial charge on any atom is -0.469 e. The molecule has 0 saturated heterocycles. The Hall–Kier alpha value is 0.310. The molecule has 0 N–H and O–H groups in total. The molecular formula is C9H20O2SiZn. The van der Waals surface area contributed by atoms with Crippen molar-refractivity contribution in [1.29, 1.82) is 0 Å². The number of esters is 1. The number of hydrogen-bond donors (Lipinski definition) is 0. The van der Waals surface area contributed by atoms with E-state index in [4.69, 9.17) is 0 Å². The molecule has 0 radical (unpaired) electrons. The summed E-state index contributed by atoms with van der Waals surface area (Å²) in [7, 11) is -0.861. The van der Waals surface area contributed by atoms with Gasteiger partial charge < -0.3 is 18.2 Å². The average Bonchev–Trinajstić information content (AvgIpc) is 1.79. The number of carbonyl (C=O) groups excluding carboxylic acids is 1. The first kappa shape index (κ1) is 19.0. The van der Waals surface area contributed by atoms with Crippen LogP contribution in [0.15, 0.2) is 0 Å². The van der Waals surface area contributed by atoms with E-state index >= 15 is 0 Å². The van der Waals surface area contributed by atoms with Crippen LogP contribution in [0.4, 0.5) is 0 Å². The molecule has 0 aromatic heterocycles. The van der Waals surface area contributed by atoms with Crippen molar-refractivity contribution in [1.82, 2.24) is 0 Å². The Bertz CT molecular complexity index is 115. The summed E-state index contributed by atoms with van der Waals surface area (Å²) in [6.45, 7) is 15.9. The van der Waals surface area contributed by atoms with Gasteiger partial charge in [0.1, 0.15) is 0 Å². The van der Waals surface area contributed by atoms with Gasteiger partial charge in [-0.15, -0.1) is 14.5 Å². The van der Waals surface area contributed by atoms with Gasteiger partial charge in [-0.2, -0.15) is 0 Å². The van der Waals surface area contributed by atoms with Crippen LogP contribution in [0.1, 0.15) is 13.3 Å². The second-order valence-electron chi connectivity index (χ2n) is 3.75. The SMILES string of the molecule is [CH2-]CCOC(C)=O.[CH2-][Si](C)(C)C.[Zn+2]. The summed E-state index contributed by atoms with van der Waals surface area (Å²) in [4.78, 5) is 9.95. The maximum atomic E-state index is 9.95. The summed E-state index contributed by atoms with van der Waals surface area (Å²) >= 11 is 0. The van der Waals surface area contributed by atoms with Crippen LogP contribution in [0.3, 0.4) is 0 Å². The summed E-state index contributed by atoms with van der Waals surface area (Å²) in [6, 6.07) is 0. The largest absolute Gasteiger partial charge is 2.00 e. The first-order valence-electron chi connectivity index (χ1n) is 4.05. The second-order valence-corrected chi connectivity index (χ2v) is 8.88. The average molecular weight is 254 g/mol. The van der Waals surface area contributed by atoms with E-state index in [2.05, 4.69) is 37.8 Å². The van der Waals surface area contributed by atoms with Gasteiger partial charge in [0, 0.05) is 6.92 Å². The van der Waals surface area contributed by atoms with Crippen LogP contribution in [0, 0.1) is 13.5 Å². The molecule has 2 nitrogen and oxygen atoms in total. The molecule has 0 saturated carbocycles. The van der Waals surface area contributed by atoms with Crippen LogP contribution >= 0.6 is 0 Å². The molecule has 0 bridgehead atoms. The number of carbonyl (C=O) groups is 1. The molecule has 0 amide bonds. The van der Waals surface area contributed by atoms with E-state index in [-0.39, 0.29) is 25.4 Å². The van der Waals surface area contributed by atoms with E-state index < -0.39 is 8.07 Å². The zero-order valence-electron chi connectivity index (χ0n) is 9.35. The maximum Gasteiger partial charge on any atom is 2.00 e. The van der Waals surface area contributed by atoms with Gasteiger partial charge in [0.2, 0.25) is 0 Å². The van der Waals surface area contributed by atoms with Crippen LogP contribution in [-0.4, -0.2) is 20.7 Å². The first-order chi connectivity index (χ1) is 5.27. The quantitative estimate of drug-likeness (QED) is 0.429. The summed E-state index contributed by atoms with van der Waals surface area (Å²) in [5.41, 5.74) is 0. The van der Waals surface area contributed by atoms with Crippen LogP contribution in [0.5, 0.6) is 0 Å². The van der Waals surface area contributed by atoms with E-state index in [1.807, 2.05) is 0 Å². The first-order valence-corrected chi connectivity index (χ1v) is 7.76. The molecule has 0 aromatic carbocycles. The van der Waals surface area contributed by atoms with E-state index in [1.54, 1.807) is 0 Å². The van der Waals surface area contributed by atoms with E-state index in [0.717, 1.165) is 0 Å². The van der Waals surface area contributed by atoms with Gasteiger partial charge in [-0.3, -0.25) is 4.79 Å². The zero-order chi connectivity index (χ0) is 10.2. The Morgan fingerprint density at radius 2 is 1.69 bits per heavy atom. The molecule has 0 aromatic rings. The van der Waals surface area contributed by atoms with Gasteiger partial charge in [-0.25, -0.2) is 0 Å². The van der Waals surface area contributed by atoms with Crippen molar-refractivity contribution in [3.63, 3.8) is 0 Å². The van der Waals surface area contributed by atoms with E-state index in [0.29, 0.717) is 13.0 Å². The fourth-order valence-electron chi connectivity index (χ4n) is 0.216. The Balaban J connectivity index is -0.000000150. The number of rotatable bonds is 2. The second kappa shape index (κ2) is 10.4. The Kier molecular flexibility index (Phi) is 15.2. The Morgan fingerprint density at radius 3 is 1.77 bits per heavy atom. The third-order valence-electron chi connectivity index (χ3n) is 0.450. The molecule has 4 heteroatoms. The normalized spacial score (nSPS) is 9.08. The van der Waals surface area contributed by atoms with Crippen molar-refractivity contribution >= 4 is 14.0 Å². The van der Waals surface area contributed by atoms with Gasteiger partial charge >= 0.3 is 25.4 Å². The molecule has 0 fully saturated rings. The molecular weight excluding hydrogens is 234 g/mol. The summed E-state index contributed by atoms with van der Waals surface area (Å²) in [5, 5.41) is 0. The fraction of sp³-hybridized carbons (Fsp3) is 0.667. The van der Waals surface area contributed by atoms with E-state index in [9.17, 15) is 4.79 Å².